The van der Waals surface area contributed by atoms with Crippen molar-refractivity contribution in [3.05, 3.63) is 95.1 Å². The van der Waals surface area contributed by atoms with Crippen molar-refractivity contribution < 1.29 is 37.4 Å². The van der Waals surface area contributed by atoms with Gasteiger partial charge in [0.2, 0.25) is 11.7 Å². The van der Waals surface area contributed by atoms with Crippen LogP contribution in [-0.4, -0.2) is 50.7 Å². The van der Waals surface area contributed by atoms with Gasteiger partial charge in [-0.25, -0.2) is 14.6 Å². The van der Waals surface area contributed by atoms with Gasteiger partial charge in [-0.3, -0.25) is 15.0 Å². The molecular weight excluding hydrogens is 505 g/mol. The Kier molecular flexibility index (Phi) is 6.02. The van der Waals surface area contributed by atoms with Gasteiger partial charge >= 0.3 is 18.2 Å². The SMILES string of the molecule is O=C(O)Nc1nc2ccc(C3(OC(=O)C(F)(F)F)c4ccccc4C(=O)N3CCc3ccccc3)cc2[nH]1. The zero-order valence-electron chi connectivity index (χ0n) is 19.5. The Bertz CT molecular complexity index is 1550. The lowest BCUT2D eigenvalue weighted by Gasteiger charge is -2.39. The fourth-order valence-electron chi connectivity index (χ4n) is 4.60. The van der Waals surface area contributed by atoms with Gasteiger partial charge in [-0.05, 0) is 30.2 Å². The number of hydrogen-bond donors (Lipinski definition) is 3. The summed E-state index contributed by atoms with van der Waals surface area (Å²) in [6.07, 6.45) is -6.44. The van der Waals surface area contributed by atoms with Gasteiger partial charge in [-0.1, -0.05) is 54.6 Å². The minimum absolute atomic E-state index is 0.0412. The fourth-order valence-corrected chi connectivity index (χ4v) is 4.60. The molecule has 4 aromatic rings. The molecule has 1 aromatic heterocycles. The maximum atomic E-state index is 13.6. The van der Waals surface area contributed by atoms with Gasteiger partial charge in [-0.2, -0.15) is 13.2 Å². The van der Waals surface area contributed by atoms with Crippen LogP contribution in [0.25, 0.3) is 11.0 Å². The van der Waals surface area contributed by atoms with Crippen molar-refractivity contribution in [3.63, 3.8) is 0 Å². The Morgan fingerprint density at radius 2 is 1.76 bits per heavy atom. The Balaban J connectivity index is 1.69. The van der Waals surface area contributed by atoms with Crippen LogP contribution < -0.4 is 5.32 Å². The highest BCUT2D eigenvalue weighted by molar-refractivity contribution is 6.01. The molecule has 1 atom stereocenters. The molecule has 2 amide bonds. The number of imidazole rings is 1. The van der Waals surface area contributed by atoms with E-state index >= 15 is 0 Å². The number of nitrogens with zero attached hydrogens (tertiary/aromatic N) is 2. The first-order valence-corrected chi connectivity index (χ1v) is 11.4. The minimum Gasteiger partial charge on any atom is -0.465 e. The maximum absolute atomic E-state index is 13.6. The molecule has 0 fully saturated rings. The molecule has 0 saturated carbocycles. The van der Waals surface area contributed by atoms with Crippen molar-refractivity contribution in [3.8, 4) is 0 Å². The summed E-state index contributed by atoms with van der Waals surface area (Å²) in [6, 6.07) is 19.2. The predicted molar refractivity (Wildman–Crippen MR) is 128 cm³/mol. The number of benzene rings is 3. The van der Waals surface area contributed by atoms with Crippen molar-refractivity contribution in [1.29, 1.82) is 0 Å². The standard InChI is InChI=1S/C26H19F3N4O5/c27-26(28,29)22(35)38-25(16-10-11-19-20(14-16)31-23(30-19)32-24(36)37)18-9-5-4-8-17(18)21(34)33(25)13-12-15-6-2-1-3-7-15/h1-11,14H,12-13H2,(H,36,37)(H2,30,31,32). The second-order valence-corrected chi connectivity index (χ2v) is 8.52. The molecule has 0 bridgehead atoms. The summed E-state index contributed by atoms with van der Waals surface area (Å²) >= 11 is 0. The van der Waals surface area contributed by atoms with Crippen molar-refractivity contribution in [2.24, 2.45) is 0 Å². The van der Waals surface area contributed by atoms with Crippen LogP contribution in [0.1, 0.15) is 27.0 Å². The normalized spacial score (nSPS) is 16.9. The summed E-state index contributed by atoms with van der Waals surface area (Å²) in [5, 5.41) is 11.0. The second kappa shape index (κ2) is 9.21. The molecule has 0 aliphatic carbocycles. The molecule has 1 aliphatic heterocycles. The van der Waals surface area contributed by atoms with Gasteiger partial charge in [0.1, 0.15) is 0 Å². The van der Waals surface area contributed by atoms with Crippen LogP contribution in [0.2, 0.25) is 0 Å². The molecule has 5 rings (SSSR count). The third-order valence-electron chi connectivity index (χ3n) is 6.19. The number of carbonyl (C=O) groups is 3. The number of amides is 2. The van der Waals surface area contributed by atoms with Gasteiger partial charge in [0.25, 0.3) is 5.91 Å². The van der Waals surface area contributed by atoms with E-state index in [0.717, 1.165) is 10.5 Å². The number of carbonyl (C=O) groups excluding carboxylic acids is 2. The molecular formula is C26H19F3N4O5. The highest BCUT2D eigenvalue weighted by atomic mass is 19.4. The van der Waals surface area contributed by atoms with Gasteiger partial charge in [0, 0.05) is 23.2 Å². The molecule has 2 heterocycles. The van der Waals surface area contributed by atoms with E-state index in [0.29, 0.717) is 5.52 Å². The number of aromatic nitrogens is 2. The zero-order chi connectivity index (χ0) is 27.1. The number of alkyl halides is 3. The van der Waals surface area contributed by atoms with E-state index < -0.39 is 29.9 Å². The number of ether oxygens (including phenoxy) is 1. The highest BCUT2D eigenvalue weighted by Crippen LogP contribution is 2.47. The van der Waals surface area contributed by atoms with E-state index in [1.165, 1.54) is 36.4 Å². The van der Waals surface area contributed by atoms with Crippen LogP contribution in [0.3, 0.4) is 0 Å². The summed E-state index contributed by atoms with van der Waals surface area (Å²) in [4.78, 5) is 44.9. The molecule has 3 aromatic carbocycles. The van der Waals surface area contributed by atoms with Crippen LogP contribution in [0, 0.1) is 0 Å². The van der Waals surface area contributed by atoms with Crippen LogP contribution in [0.5, 0.6) is 0 Å². The largest absolute Gasteiger partial charge is 0.491 e. The molecule has 38 heavy (non-hydrogen) atoms. The third-order valence-corrected chi connectivity index (χ3v) is 6.19. The number of rotatable bonds is 6. The lowest BCUT2D eigenvalue weighted by atomic mass is 9.92. The molecule has 194 valence electrons. The molecule has 0 radical (unpaired) electrons. The highest BCUT2D eigenvalue weighted by Gasteiger charge is 2.57. The maximum Gasteiger partial charge on any atom is 0.491 e. The van der Waals surface area contributed by atoms with Gasteiger partial charge in [-0.15, -0.1) is 0 Å². The Morgan fingerprint density at radius 1 is 1.05 bits per heavy atom. The van der Waals surface area contributed by atoms with Crippen molar-refractivity contribution >= 4 is 35.0 Å². The first-order valence-electron chi connectivity index (χ1n) is 11.4. The number of aromatic amines is 1. The summed E-state index contributed by atoms with van der Waals surface area (Å²) in [5.74, 6) is -3.19. The fraction of sp³-hybridized carbons (Fsp3) is 0.154. The molecule has 0 spiro atoms. The van der Waals surface area contributed by atoms with Crippen molar-refractivity contribution in [2.75, 3.05) is 11.9 Å². The molecule has 1 unspecified atom stereocenters. The Labute approximate surface area is 212 Å². The summed E-state index contributed by atoms with van der Waals surface area (Å²) in [6.45, 7) is -0.0739. The topological polar surface area (TPSA) is 125 Å². The quantitative estimate of drug-likeness (QED) is 0.315. The Hall–Kier alpha value is -4.87. The molecule has 12 heteroatoms. The van der Waals surface area contributed by atoms with E-state index in [2.05, 4.69) is 15.3 Å². The van der Waals surface area contributed by atoms with E-state index in [1.807, 2.05) is 18.2 Å². The molecule has 0 saturated heterocycles. The number of anilines is 1. The number of H-pyrrole nitrogens is 1. The second-order valence-electron chi connectivity index (χ2n) is 8.52. The van der Waals surface area contributed by atoms with E-state index in [4.69, 9.17) is 9.84 Å². The average Bonchev–Trinajstić information content (AvgIpc) is 3.38. The number of carboxylic acid groups (broad SMARTS) is 1. The Morgan fingerprint density at radius 3 is 2.47 bits per heavy atom. The first kappa shape index (κ1) is 24.8. The smallest absolute Gasteiger partial charge is 0.465 e. The number of halogens is 3. The van der Waals surface area contributed by atoms with Gasteiger partial charge in [0.05, 0.1) is 11.0 Å². The van der Waals surface area contributed by atoms with Crippen LogP contribution >= 0.6 is 0 Å². The van der Waals surface area contributed by atoms with Crippen molar-refractivity contribution in [1.82, 2.24) is 14.9 Å². The monoisotopic (exact) mass is 524 g/mol. The van der Waals surface area contributed by atoms with E-state index in [1.54, 1.807) is 18.2 Å². The van der Waals surface area contributed by atoms with E-state index in [-0.39, 0.29) is 41.1 Å². The number of esters is 1. The molecule has 9 nitrogen and oxygen atoms in total. The predicted octanol–water partition coefficient (Wildman–Crippen LogP) is 4.66. The summed E-state index contributed by atoms with van der Waals surface area (Å²) in [7, 11) is 0. The zero-order valence-corrected chi connectivity index (χ0v) is 19.5. The van der Waals surface area contributed by atoms with Crippen LogP contribution in [-0.2, 0) is 21.7 Å². The van der Waals surface area contributed by atoms with Crippen molar-refractivity contribution in [2.45, 2.75) is 18.3 Å². The molecule has 3 N–H and O–H groups in total. The lowest BCUT2D eigenvalue weighted by molar-refractivity contribution is -0.222. The average molecular weight is 524 g/mol. The van der Waals surface area contributed by atoms with E-state index in [9.17, 15) is 27.6 Å². The number of nitrogens with one attached hydrogen (secondary N) is 2. The minimum atomic E-state index is -5.34. The lowest BCUT2D eigenvalue weighted by Crippen LogP contribution is -2.50. The first-order chi connectivity index (χ1) is 18.1. The number of hydrogen-bond acceptors (Lipinski definition) is 5. The number of fused-ring (bicyclic) bond motifs is 2. The third kappa shape index (κ3) is 4.29. The van der Waals surface area contributed by atoms with Crippen LogP contribution in [0.15, 0.2) is 72.8 Å². The summed E-state index contributed by atoms with van der Waals surface area (Å²) < 4.78 is 45.9. The van der Waals surface area contributed by atoms with Gasteiger partial charge in [0.15, 0.2) is 0 Å². The van der Waals surface area contributed by atoms with Crippen LogP contribution in [0.4, 0.5) is 23.9 Å². The summed E-state index contributed by atoms with van der Waals surface area (Å²) in [5.41, 5.74) is -0.696. The van der Waals surface area contributed by atoms with Gasteiger partial charge < -0.3 is 14.8 Å². The molecule has 1 aliphatic rings.